The van der Waals surface area contributed by atoms with Gasteiger partial charge in [-0.25, -0.2) is 28.1 Å². The predicted molar refractivity (Wildman–Crippen MR) is 129 cm³/mol. The van der Waals surface area contributed by atoms with Crippen LogP contribution in [0.5, 0.6) is 0 Å². The third-order valence-electron chi connectivity index (χ3n) is 6.37. The van der Waals surface area contributed by atoms with Crippen LogP contribution in [0.4, 0.5) is 24.8 Å². The topological polar surface area (TPSA) is 85.2 Å². The largest absolute Gasteiger partial charge is 0.381 e. The Morgan fingerprint density at radius 3 is 2.53 bits per heavy atom. The average Bonchev–Trinajstić information content (AvgIpc) is 3.42. The molecule has 1 amide bonds. The number of nitrogens with one attached hydrogen (secondary N) is 1. The van der Waals surface area contributed by atoms with Crippen LogP contribution in [-0.2, 0) is 4.74 Å². The molecule has 0 aliphatic carbocycles. The summed E-state index contributed by atoms with van der Waals surface area (Å²) in [6, 6.07) is 6.51. The van der Waals surface area contributed by atoms with E-state index < -0.39 is 24.2 Å². The molecule has 2 fully saturated rings. The lowest BCUT2D eigenvalue weighted by Crippen LogP contribution is -2.31. The van der Waals surface area contributed by atoms with Gasteiger partial charge < -0.3 is 19.5 Å². The Morgan fingerprint density at radius 1 is 1.14 bits per heavy atom. The molecule has 0 radical (unpaired) electrons. The molecule has 0 unspecified atom stereocenters. The number of anilines is 2. The molecule has 12 heteroatoms. The summed E-state index contributed by atoms with van der Waals surface area (Å²) in [5, 5.41) is 3.01. The number of likely N-dealkylation sites (tertiary alicyclic amines) is 1. The third-order valence-corrected chi connectivity index (χ3v) is 6.37. The van der Waals surface area contributed by atoms with Crippen LogP contribution in [0.3, 0.4) is 0 Å². The minimum Gasteiger partial charge on any atom is -0.381 e. The second-order valence-corrected chi connectivity index (χ2v) is 8.83. The van der Waals surface area contributed by atoms with Gasteiger partial charge in [0.1, 0.15) is 11.5 Å². The summed E-state index contributed by atoms with van der Waals surface area (Å²) in [5.41, 5.74) is 1.59. The van der Waals surface area contributed by atoms with Crippen molar-refractivity contribution in [3.8, 4) is 11.4 Å². The van der Waals surface area contributed by atoms with Gasteiger partial charge in [0.15, 0.2) is 5.82 Å². The van der Waals surface area contributed by atoms with Crippen LogP contribution in [0.1, 0.15) is 41.5 Å². The normalized spacial score (nSPS) is 17.6. The minimum atomic E-state index is -2.84. The van der Waals surface area contributed by atoms with Gasteiger partial charge in [-0.3, -0.25) is 4.79 Å². The number of nitrogens with zero attached hydrogens (tertiary/aromatic N) is 5. The molecule has 0 spiro atoms. The summed E-state index contributed by atoms with van der Waals surface area (Å²) >= 11 is 0. The standard InChI is InChI=1S/C24H25F3N6O2.ClH/c1-15-28-13-20(33(15)18-6-10-35-11-7-18)21-19(25)12-29-23(31-21)30-17-4-2-16(3-5-17)22(34)32-9-8-24(26,27)14-32;/h2-5,12-13,18H,6-11,14H2,1H3,(H,29,30,31);1H. The van der Waals surface area contributed by atoms with Gasteiger partial charge in [-0.05, 0) is 44.0 Å². The highest BCUT2D eigenvalue weighted by molar-refractivity contribution is 5.94. The Hall–Kier alpha value is -3.18. The zero-order valence-electron chi connectivity index (χ0n) is 19.6. The summed E-state index contributed by atoms with van der Waals surface area (Å²) in [4.78, 5) is 26.5. The number of hydrogen-bond donors (Lipinski definition) is 1. The number of carbonyl (C=O) groups excluding carboxylic acids is 1. The molecule has 2 aliphatic heterocycles. The van der Waals surface area contributed by atoms with Crippen LogP contribution in [0.2, 0.25) is 0 Å². The predicted octanol–water partition coefficient (Wildman–Crippen LogP) is 4.79. The van der Waals surface area contributed by atoms with Crippen LogP contribution in [0.15, 0.2) is 36.7 Å². The van der Waals surface area contributed by atoms with Crippen LogP contribution < -0.4 is 5.32 Å². The maximum absolute atomic E-state index is 14.8. The van der Waals surface area contributed by atoms with Crippen molar-refractivity contribution in [3.05, 3.63) is 53.9 Å². The second kappa shape index (κ2) is 10.4. The average molecular weight is 523 g/mol. The fourth-order valence-electron chi connectivity index (χ4n) is 4.56. The summed E-state index contributed by atoms with van der Waals surface area (Å²) in [6.07, 6.45) is 4.01. The monoisotopic (exact) mass is 522 g/mol. The first-order valence-electron chi connectivity index (χ1n) is 11.5. The molecular weight excluding hydrogens is 497 g/mol. The zero-order chi connectivity index (χ0) is 24.6. The molecule has 2 aliphatic rings. The van der Waals surface area contributed by atoms with Crippen LogP contribution in [0.25, 0.3) is 11.4 Å². The van der Waals surface area contributed by atoms with Crippen molar-refractivity contribution in [1.29, 1.82) is 0 Å². The van der Waals surface area contributed by atoms with Gasteiger partial charge in [0, 0.05) is 43.5 Å². The van der Waals surface area contributed by atoms with E-state index in [1.807, 2.05) is 11.5 Å². The molecular formula is C24H26ClF3N6O2. The molecule has 2 saturated heterocycles. The van der Waals surface area contributed by atoms with Gasteiger partial charge in [0.2, 0.25) is 5.95 Å². The SMILES string of the molecule is Cc1ncc(-c2nc(Nc3ccc(C(=O)N4CCC(F)(F)C4)cc3)ncc2F)n1C1CCOCC1.Cl. The molecule has 0 saturated carbocycles. The maximum atomic E-state index is 14.8. The molecule has 1 aromatic carbocycles. The highest BCUT2D eigenvalue weighted by Crippen LogP contribution is 2.31. The fourth-order valence-corrected chi connectivity index (χ4v) is 4.56. The summed E-state index contributed by atoms with van der Waals surface area (Å²) in [5.74, 6) is -2.89. The Morgan fingerprint density at radius 2 is 1.86 bits per heavy atom. The molecule has 8 nitrogen and oxygen atoms in total. The van der Waals surface area contributed by atoms with Crippen molar-refractivity contribution < 1.29 is 22.7 Å². The van der Waals surface area contributed by atoms with E-state index in [1.165, 1.54) is 0 Å². The van der Waals surface area contributed by atoms with E-state index in [0.717, 1.165) is 29.8 Å². The zero-order valence-corrected chi connectivity index (χ0v) is 20.4. The third kappa shape index (κ3) is 5.31. The number of benzene rings is 1. The van der Waals surface area contributed by atoms with Gasteiger partial charge in [0.25, 0.3) is 11.8 Å². The van der Waals surface area contributed by atoms with Gasteiger partial charge in [-0.2, -0.15) is 0 Å². The van der Waals surface area contributed by atoms with Gasteiger partial charge in [-0.15, -0.1) is 12.4 Å². The van der Waals surface area contributed by atoms with E-state index in [0.29, 0.717) is 30.2 Å². The van der Waals surface area contributed by atoms with Gasteiger partial charge in [-0.1, -0.05) is 0 Å². The van der Waals surface area contributed by atoms with Gasteiger partial charge in [0.05, 0.1) is 24.6 Å². The fraction of sp³-hybridized carbons (Fsp3) is 0.417. The number of aromatic nitrogens is 4. The van der Waals surface area contributed by atoms with Crippen molar-refractivity contribution in [3.63, 3.8) is 0 Å². The number of alkyl halides is 2. The van der Waals surface area contributed by atoms with E-state index in [9.17, 15) is 18.0 Å². The number of ether oxygens (including phenoxy) is 1. The van der Waals surface area contributed by atoms with E-state index in [-0.39, 0.29) is 43.1 Å². The Labute approximate surface area is 212 Å². The quantitative estimate of drug-likeness (QED) is 0.519. The van der Waals surface area contributed by atoms with Crippen molar-refractivity contribution in [2.45, 2.75) is 38.2 Å². The van der Waals surface area contributed by atoms with Crippen molar-refractivity contribution >= 4 is 29.9 Å². The summed E-state index contributed by atoms with van der Waals surface area (Å²) in [7, 11) is 0. The Kier molecular flexibility index (Phi) is 7.51. The number of aryl methyl sites for hydroxylation is 1. The molecule has 36 heavy (non-hydrogen) atoms. The Bertz CT molecular complexity index is 1230. The van der Waals surface area contributed by atoms with Gasteiger partial charge >= 0.3 is 0 Å². The number of hydrogen-bond acceptors (Lipinski definition) is 6. The first-order valence-corrected chi connectivity index (χ1v) is 11.5. The molecule has 5 rings (SSSR count). The first kappa shape index (κ1) is 25.9. The summed E-state index contributed by atoms with van der Waals surface area (Å²) in [6.45, 7) is 2.62. The van der Waals surface area contributed by atoms with E-state index in [4.69, 9.17) is 4.74 Å². The number of amides is 1. The lowest BCUT2D eigenvalue weighted by Gasteiger charge is -2.26. The minimum absolute atomic E-state index is 0. The highest BCUT2D eigenvalue weighted by Gasteiger charge is 2.40. The molecule has 2 aromatic heterocycles. The maximum Gasteiger partial charge on any atom is 0.267 e. The highest BCUT2D eigenvalue weighted by atomic mass is 35.5. The first-order chi connectivity index (χ1) is 16.8. The van der Waals surface area contributed by atoms with Crippen molar-refractivity contribution in [2.24, 2.45) is 0 Å². The number of imidazole rings is 1. The summed E-state index contributed by atoms with van der Waals surface area (Å²) < 4.78 is 49.1. The second-order valence-electron chi connectivity index (χ2n) is 8.83. The number of rotatable bonds is 5. The molecule has 1 N–H and O–H groups in total. The lowest BCUT2D eigenvalue weighted by molar-refractivity contribution is 0.0120. The van der Waals surface area contributed by atoms with E-state index >= 15 is 0 Å². The molecule has 4 heterocycles. The van der Waals surface area contributed by atoms with E-state index in [2.05, 4.69) is 20.3 Å². The van der Waals surface area contributed by atoms with Crippen LogP contribution in [0, 0.1) is 12.7 Å². The van der Waals surface area contributed by atoms with E-state index in [1.54, 1.807) is 30.5 Å². The number of halogens is 4. The number of carbonyl (C=O) groups is 1. The van der Waals surface area contributed by atoms with Crippen LogP contribution >= 0.6 is 12.4 Å². The molecule has 0 bridgehead atoms. The Balaban J connectivity index is 0.00000304. The molecule has 0 atom stereocenters. The van der Waals surface area contributed by atoms with Crippen molar-refractivity contribution in [1.82, 2.24) is 24.4 Å². The van der Waals surface area contributed by atoms with Crippen molar-refractivity contribution in [2.75, 3.05) is 31.6 Å². The molecule has 3 aromatic rings. The van der Waals surface area contributed by atoms with Crippen LogP contribution in [-0.4, -0.2) is 62.6 Å². The lowest BCUT2D eigenvalue weighted by atomic mass is 10.1. The molecule has 192 valence electrons. The smallest absolute Gasteiger partial charge is 0.267 e.